The Labute approximate surface area is 104 Å². The SMILES string of the molecule is COC(=O)C(C)CSc1nc(C(C)C)ns1. The minimum atomic E-state index is -0.180. The highest BCUT2D eigenvalue weighted by Crippen LogP contribution is 2.25. The summed E-state index contributed by atoms with van der Waals surface area (Å²) in [7, 11) is 1.41. The van der Waals surface area contributed by atoms with E-state index in [2.05, 4.69) is 27.9 Å². The van der Waals surface area contributed by atoms with E-state index in [9.17, 15) is 4.79 Å². The van der Waals surface area contributed by atoms with E-state index >= 15 is 0 Å². The molecule has 1 aromatic heterocycles. The predicted octanol–water partition coefficient (Wildman–Crippen LogP) is 2.56. The lowest BCUT2D eigenvalue weighted by Crippen LogP contribution is -2.14. The number of carbonyl (C=O) groups is 1. The smallest absolute Gasteiger partial charge is 0.309 e. The average molecular weight is 260 g/mol. The van der Waals surface area contributed by atoms with Crippen molar-refractivity contribution < 1.29 is 9.53 Å². The lowest BCUT2D eigenvalue weighted by atomic mass is 10.2. The van der Waals surface area contributed by atoms with Gasteiger partial charge < -0.3 is 4.74 Å². The van der Waals surface area contributed by atoms with Crippen LogP contribution in [0.2, 0.25) is 0 Å². The molecule has 0 spiro atoms. The van der Waals surface area contributed by atoms with Gasteiger partial charge >= 0.3 is 5.97 Å². The molecule has 0 aliphatic heterocycles. The van der Waals surface area contributed by atoms with Crippen molar-refractivity contribution in [2.75, 3.05) is 12.9 Å². The summed E-state index contributed by atoms with van der Waals surface area (Å²) in [5.74, 6) is 1.61. The first-order valence-electron chi connectivity index (χ1n) is 5.08. The Morgan fingerprint density at radius 3 is 2.69 bits per heavy atom. The standard InChI is InChI=1S/C10H16N2O2S2/c1-6(2)8-11-10(16-12-8)15-5-7(3)9(13)14-4/h6-7H,5H2,1-4H3. The zero-order valence-electron chi connectivity index (χ0n) is 9.89. The van der Waals surface area contributed by atoms with Crippen LogP contribution in [-0.4, -0.2) is 28.2 Å². The van der Waals surface area contributed by atoms with E-state index in [0.717, 1.165) is 10.2 Å². The van der Waals surface area contributed by atoms with Crippen molar-refractivity contribution in [1.82, 2.24) is 9.36 Å². The molecule has 6 heteroatoms. The van der Waals surface area contributed by atoms with Gasteiger partial charge in [0.2, 0.25) is 0 Å². The number of nitrogens with zero attached hydrogens (tertiary/aromatic N) is 2. The van der Waals surface area contributed by atoms with Crippen molar-refractivity contribution in [2.24, 2.45) is 5.92 Å². The van der Waals surface area contributed by atoms with E-state index < -0.39 is 0 Å². The monoisotopic (exact) mass is 260 g/mol. The van der Waals surface area contributed by atoms with Gasteiger partial charge in [0.25, 0.3) is 0 Å². The van der Waals surface area contributed by atoms with Crippen molar-refractivity contribution in [2.45, 2.75) is 31.0 Å². The zero-order valence-corrected chi connectivity index (χ0v) is 11.5. The summed E-state index contributed by atoms with van der Waals surface area (Å²) in [6, 6.07) is 0. The van der Waals surface area contributed by atoms with Gasteiger partial charge in [0, 0.05) is 11.7 Å². The first-order valence-corrected chi connectivity index (χ1v) is 6.84. The van der Waals surface area contributed by atoms with Crippen LogP contribution in [0, 0.1) is 5.92 Å². The van der Waals surface area contributed by atoms with E-state index in [1.54, 1.807) is 11.8 Å². The molecule has 0 bridgehead atoms. The number of carbonyl (C=O) groups excluding carboxylic acids is 1. The normalized spacial score (nSPS) is 12.8. The largest absolute Gasteiger partial charge is 0.469 e. The molecule has 0 saturated heterocycles. The molecule has 0 N–H and O–H groups in total. The first-order chi connectivity index (χ1) is 7.54. The number of hydrogen-bond donors (Lipinski definition) is 0. The second kappa shape index (κ2) is 6.20. The summed E-state index contributed by atoms with van der Waals surface area (Å²) in [4.78, 5) is 15.6. The molecule has 0 radical (unpaired) electrons. The van der Waals surface area contributed by atoms with E-state index in [0.29, 0.717) is 11.7 Å². The Bertz CT molecular complexity index is 352. The molecule has 1 aromatic rings. The maximum Gasteiger partial charge on any atom is 0.309 e. The molecule has 0 fully saturated rings. The van der Waals surface area contributed by atoms with Crippen molar-refractivity contribution in [3.8, 4) is 0 Å². The summed E-state index contributed by atoms with van der Waals surface area (Å²) in [5.41, 5.74) is 0. The van der Waals surface area contributed by atoms with E-state index in [1.165, 1.54) is 18.6 Å². The lowest BCUT2D eigenvalue weighted by Gasteiger charge is -2.06. The van der Waals surface area contributed by atoms with Crippen LogP contribution in [-0.2, 0) is 9.53 Å². The van der Waals surface area contributed by atoms with Crippen molar-refractivity contribution >= 4 is 29.3 Å². The van der Waals surface area contributed by atoms with Crippen LogP contribution in [0.5, 0.6) is 0 Å². The zero-order chi connectivity index (χ0) is 12.1. The van der Waals surface area contributed by atoms with Gasteiger partial charge in [-0.05, 0) is 11.5 Å². The first kappa shape index (κ1) is 13.4. The summed E-state index contributed by atoms with van der Waals surface area (Å²) >= 11 is 2.94. The second-order valence-corrected chi connectivity index (χ2v) is 5.83. The molecule has 90 valence electrons. The van der Waals surface area contributed by atoms with E-state index in [1.807, 2.05) is 6.92 Å². The van der Waals surface area contributed by atoms with Crippen molar-refractivity contribution in [1.29, 1.82) is 0 Å². The number of ether oxygens (including phenoxy) is 1. The Hall–Kier alpha value is -0.620. The maximum atomic E-state index is 11.2. The van der Waals surface area contributed by atoms with E-state index in [-0.39, 0.29) is 11.9 Å². The van der Waals surface area contributed by atoms with Gasteiger partial charge in [-0.3, -0.25) is 4.79 Å². The highest BCUT2D eigenvalue weighted by atomic mass is 32.2. The molecular formula is C10H16N2O2S2. The van der Waals surface area contributed by atoms with Gasteiger partial charge in [0.15, 0.2) is 4.34 Å². The predicted molar refractivity (Wildman–Crippen MR) is 65.9 cm³/mol. The maximum absolute atomic E-state index is 11.2. The molecule has 16 heavy (non-hydrogen) atoms. The molecule has 0 amide bonds. The Morgan fingerprint density at radius 1 is 1.50 bits per heavy atom. The second-order valence-electron chi connectivity index (χ2n) is 3.81. The molecule has 0 aliphatic rings. The van der Waals surface area contributed by atoms with Crippen LogP contribution in [0.1, 0.15) is 32.5 Å². The average Bonchev–Trinajstić information content (AvgIpc) is 2.73. The molecule has 4 nitrogen and oxygen atoms in total. The Balaban J connectivity index is 2.45. The third-order valence-corrected chi connectivity index (χ3v) is 4.11. The number of methoxy groups -OCH3 is 1. The number of thioether (sulfide) groups is 1. The highest BCUT2D eigenvalue weighted by Gasteiger charge is 2.15. The van der Waals surface area contributed by atoms with Crippen LogP contribution >= 0.6 is 23.3 Å². The van der Waals surface area contributed by atoms with E-state index in [4.69, 9.17) is 0 Å². The Kier molecular flexibility index (Phi) is 5.21. The summed E-state index contributed by atoms with van der Waals surface area (Å²) < 4.78 is 9.83. The fraction of sp³-hybridized carbons (Fsp3) is 0.700. The Morgan fingerprint density at radius 2 is 2.19 bits per heavy atom. The van der Waals surface area contributed by atoms with Crippen molar-refractivity contribution in [3.05, 3.63) is 5.82 Å². The van der Waals surface area contributed by atoms with Gasteiger partial charge in [-0.1, -0.05) is 32.5 Å². The molecule has 0 saturated carbocycles. The topological polar surface area (TPSA) is 52.1 Å². The third kappa shape index (κ3) is 3.75. The molecule has 0 aliphatic carbocycles. The minimum absolute atomic E-state index is 0.110. The molecular weight excluding hydrogens is 244 g/mol. The molecule has 1 heterocycles. The summed E-state index contributed by atoms with van der Waals surface area (Å²) in [5, 5.41) is 0. The van der Waals surface area contributed by atoms with Crippen molar-refractivity contribution in [3.63, 3.8) is 0 Å². The fourth-order valence-electron chi connectivity index (χ4n) is 0.979. The van der Waals surface area contributed by atoms with Crippen LogP contribution in [0.4, 0.5) is 0 Å². The van der Waals surface area contributed by atoms with Crippen LogP contribution < -0.4 is 0 Å². The number of esters is 1. The number of rotatable bonds is 5. The number of aromatic nitrogens is 2. The fourth-order valence-corrected chi connectivity index (χ4v) is 2.75. The number of hydrogen-bond acceptors (Lipinski definition) is 6. The van der Waals surface area contributed by atoms with Gasteiger partial charge in [0.1, 0.15) is 5.82 Å². The van der Waals surface area contributed by atoms with Gasteiger partial charge in [-0.2, -0.15) is 4.37 Å². The van der Waals surface area contributed by atoms with Gasteiger partial charge in [-0.25, -0.2) is 4.98 Å². The quantitative estimate of drug-likeness (QED) is 0.601. The van der Waals surface area contributed by atoms with Crippen LogP contribution in [0.3, 0.4) is 0 Å². The minimum Gasteiger partial charge on any atom is -0.469 e. The highest BCUT2D eigenvalue weighted by molar-refractivity contribution is 8.00. The van der Waals surface area contributed by atoms with Crippen LogP contribution in [0.15, 0.2) is 4.34 Å². The lowest BCUT2D eigenvalue weighted by molar-refractivity contribution is -0.143. The van der Waals surface area contributed by atoms with Crippen LogP contribution in [0.25, 0.3) is 0 Å². The third-order valence-electron chi connectivity index (χ3n) is 2.00. The van der Waals surface area contributed by atoms with Gasteiger partial charge in [0.05, 0.1) is 13.0 Å². The van der Waals surface area contributed by atoms with Gasteiger partial charge in [-0.15, -0.1) is 0 Å². The summed E-state index contributed by atoms with van der Waals surface area (Å²) in [6.45, 7) is 5.98. The molecule has 1 unspecified atom stereocenters. The molecule has 1 rings (SSSR count). The summed E-state index contributed by atoms with van der Waals surface area (Å²) in [6.07, 6.45) is 0. The molecule has 1 atom stereocenters. The molecule has 0 aromatic carbocycles.